The van der Waals surface area contributed by atoms with Gasteiger partial charge in [-0.05, 0) is 38.0 Å². The molecule has 17 heavy (non-hydrogen) atoms. The highest BCUT2D eigenvalue weighted by atomic mass is 32.1. The maximum Gasteiger partial charge on any atom is 0.195 e. The molecule has 0 atom stereocenters. The van der Waals surface area contributed by atoms with E-state index >= 15 is 0 Å². The van der Waals surface area contributed by atoms with Crippen molar-refractivity contribution in [2.45, 2.75) is 33.7 Å². The number of nitrogens with zero attached hydrogens (tertiary/aromatic N) is 2. The minimum absolute atomic E-state index is 0.696. The van der Waals surface area contributed by atoms with Crippen LogP contribution in [0.4, 0.5) is 0 Å². The SMILES string of the molecule is CCCn1c(-c2ccc(C)cc2C)n[nH]c1=S. The van der Waals surface area contributed by atoms with Crippen LogP contribution in [0.5, 0.6) is 0 Å². The summed E-state index contributed by atoms with van der Waals surface area (Å²) in [7, 11) is 0. The summed E-state index contributed by atoms with van der Waals surface area (Å²) in [5.41, 5.74) is 3.65. The average Bonchev–Trinajstić information content (AvgIpc) is 2.62. The quantitative estimate of drug-likeness (QED) is 0.840. The smallest absolute Gasteiger partial charge is 0.195 e. The minimum Gasteiger partial charge on any atom is -0.300 e. The van der Waals surface area contributed by atoms with Gasteiger partial charge in [0.05, 0.1) is 0 Å². The van der Waals surface area contributed by atoms with Crippen molar-refractivity contribution in [3.05, 3.63) is 34.1 Å². The first-order valence-corrected chi connectivity index (χ1v) is 6.27. The van der Waals surface area contributed by atoms with Gasteiger partial charge in [0, 0.05) is 12.1 Å². The molecule has 0 spiro atoms. The van der Waals surface area contributed by atoms with E-state index in [-0.39, 0.29) is 0 Å². The Morgan fingerprint density at radius 3 is 2.76 bits per heavy atom. The average molecular weight is 247 g/mol. The fourth-order valence-electron chi connectivity index (χ4n) is 2.02. The van der Waals surface area contributed by atoms with Gasteiger partial charge in [-0.2, -0.15) is 5.10 Å². The minimum atomic E-state index is 0.696. The lowest BCUT2D eigenvalue weighted by molar-refractivity contribution is 0.674. The van der Waals surface area contributed by atoms with Gasteiger partial charge in [-0.1, -0.05) is 30.7 Å². The van der Waals surface area contributed by atoms with Crippen LogP contribution in [0.2, 0.25) is 0 Å². The Morgan fingerprint density at radius 2 is 2.12 bits per heavy atom. The number of rotatable bonds is 3. The number of aromatic amines is 1. The van der Waals surface area contributed by atoms with E-state index in [1.54, 1.807) is 0 Å². The number of aromatic nitrogens is 3. The molecule has 0 saturated carbocycles. The normalized spacial score (nSPS) is 10.8. The van der Waals surface area contributed by atoms with Crippen LogP contribution >= 0.6 is 12.2 Å². The van der Waals surface area contributed by atoms with Crippen molar-refractivity contribution in [2.24, 2.45) is 0 Å². The zero-order chi connectivity index (χ0) is 12.4. The summed E-state index contributed by atoms with van der Waals surface area (Å²) in [5.74, 6) is 0.939. The molecule has 2 aromatic rings. The summed E-state index contributed by atoms with van der Waals surface area (Å²) >= 11 is 5.25. The molecule has 0 unspecified atom stereocenters. The van der Waals surface area contributed by atoms with Crippen molar-refractivity contribution < 1.29 is 0 Å². The van der Waals surface area contributed by atoms with Crippen LogP contribution in [0.15, 0.2) is 18.2 Å². The summed E-state index contributed by atoms with van der Waals surface area (Å²) in [6.07, 6.45) is 1.05. The molecule has 1 N–H and O–H groups in total. The lowest BCUT2D eigenvalue weighted by Crippen LogP contribution is -2.01. The van der Waals surface area contributed by atoms with Crippen LogP contribution < -0.4 is 0 Å². The van der Waals surface area contributed by atoms with E-state index in [0.29, 0.717) is 4.77 Å². The lowest BCUT2D eigenvalue weighted by atomic mass is 10.1. The molecule has 1 aromatic heterocycles. The van der Waals surface area contributed by atoms with E-state index in [0.717, 1.165) is 24.4 Å². The molecule has 4 heteroatoms. The zero-order valence-electron chi connectivity index (χ0n) is 10.4. The number of hydrogen-bond acceptors (Lipinski definition) is 2. The fraction of sp³-hybridized carbons (Fsp3) is 0.385. The first kappa shape index (κ1) is 12.0. The van der Waals surface area contributed by atoms with Crippen LogP contribution in [0, 0.1) is 18.6 Å². The molecule has 90 valence electrons. The lowest BCUT2D eigenvalue weighted by Gasteiger charge is -2.08. The number of H-pyrrole nitrogens is 1. The fourth-order valence-corrected chi connectivity index (χ4v) is 2.24. The Labute approximate surface area is 106 Å². The van der Waals surface area contributed by atoms with Crippen LogP contribution in [0.1, 0.15) is 24.5 Å². The predicted molar refractivity (Wildman–Crippen MR) is 72.6 cm³/mol. The molecule has 2 rings (SSSR count). The highest BCUT2D eigenvalue weighted by molar-refractivity contribution is 7.71. The van der Waals surface area contributed by atoms with Crippen molar-refractivity contribution in [3.63, 3.8) is 0 Å². The summed E-state index contributed by atoms with van der Waals surface area (Å²) in [4.78, 5) is 0. The monoisotopic (exact) mass is 247 g/mol. The van der Waals surface area contributed by atoms with Gasteiger partial charge in [-0.3, -0.25) is 5.10 Å². The molecule has 0 fully saturated rings. The number of nitrogens with one attached hydrogen (secondary N) is 1. The summed E-state index contributed by atoms with van der Waals surface area (Å²) in [5, 5.41) is 7.22. The molecule has 0 aliphatic rings. The Bertz CT molecular complexity index is 581. The van der Waals surface area contributed by atoms with Gasteiger partial charge in [-0.25, -0.2) is 0 Å². The molecule has 0 amide bonds. The third-order valence-corrected chi connectivity index (χ3v) is 3.14. The van der Waals surface area contributed by atoms with Crippen LogP contribution in [0.3, 0.4) is 0 Å². The standard InChI is InChI=1S/C13H17N3S/c1-4-7-16-12(14-15-13(16)17)11-6-5-9(2)8-10(11)3/h5-6,8H,4,7H2,1-3H3,(H,15,17). The molecular weight excluding hydrogens is 230 g/mol. The Morgan fingerprint density at radius 1 is 1.35 bits per heavy atom. The molecule has 0 saturated heterocycles. The van der Waals surface area contributed by atoms with Crippen molar-refractivity contribution in [1.82, 2.24) is 14.8 Å². The Kier molecular flexibility index (Phi) is 3.43. The number of benzene rings is 1. The molecule has 0 bridgehead atoms. The first-order chi connectivity index (χ1) is 8.13. The van der Waals surface area contributed by atoms with Gasteiger partial charge in [0.2, 0.25) is 0 Å². The van der Waals surface area contributed by atoms with Crippen molar-refractivity contribution in [1.29, 1.82) is 0 Å². The maximum absolute atomic E-state index is 5.25. The van der Waals surface area contributed by atoms with E-state index in [2.05, 4.69) is 53.7 Å². The molecule has 0 aliphatic carbocycles. The predicted octanol–water partition coefficient (Wildman–Crippen LogP) is 3.63. The third kappa shape index (κ3) is 2.31. The van der Waals surface area contributed by atoms with E-state index in [9.17, 15) is 0 Å². The molecular formula is C13H17N3S. The van der Waals surface area contributed by atoms with Gasteiger partial charge < -0.3 is 4.57 Å². The van der Waals surface area contributed by atoms with Gasteiger partial charge in [0.1, 0.15) is 0 Å². The van der Waals surface area contributed by atoms with Crippen molar-refractivity contribution in [3.8, 4) is 11.4 Å². The van der Waals surface area contributed by atoms with Crippen LogP contribution in [0.25, 0.3) is 11.4 Å². The first-order valence-electron chi connectivity index (χ1n) is 5.86. The van der Waals surface area contributed by atoms with Gasteiger partial charge in [0.15, 0.2) is 10.6 Å². The zero-order valence-corrected chi connectivity index (χ0v) is 11.3. The molecule has 0 radical (unpaired) electrons. The Hall–Kier alpha value is -1.42. The Balaban J connectivity index is 2.56. The van der Waals surface area contributed by atoms with E-state index in [1.807, 2.05) is 0 Å². The largest absolute Gasteiger partial charge is 0.300 e. The topological polar surface area (TPSA) is 33.6 Å². The van der Waals surface area contributed by atoms with E-state index < -0.39 is 0 Å². The van der Waals surface area contributed by atoms with Gasteiger partial charge in [-0.15, -0.1) is 0 Å². The van der Waals surface area contributed by atoms with E-state index in [4.69, 9.17) is 12.2 Å². The summed E-state index contributed by atoms with van der Waals surface area (Å²) in [6.45, 7) is 7.24. The van der Waals surface area contributed by atoms with Crippen LogP contribution in [-0.4, -0.2) is 14.8 Å². The van der Waals surface area contributed by atoms with Gasteiger partial charge >= 0.3 is 0 Å². The third-order valence-electron chi connectivity index (χ3n) is 2.83. The number of aryl methyl sites for hydroxylation is 2. The van der Waals surface area contributed by atoms with Crippen molar-refractivity contribution in [2.75, 3.05) is 0 Å². The highest BCUT2D eigenvalue weighted by Crippen LogP contribution is 2.22. The molecule has 3 nitrogen and oxygen atoms in total. The maximum atomic E-state index is 5.25. The van der Waals surface area contributed by atoms with Crippen molar-refractivity contribution >= 4 is 12.2 Å². The van der Waals surface area contributed by atoms with Gasteiger partial charge in [0.25, 0.3) is 0 Å². The second kappa shape index (κ2) is 4.84. The molecule has 1 heterocycles. The highest BCUT2D eigenvalue weighted by Gasteiger charge is 2.10. The second-order valence-electron chi connectivity index (χ2n) is 4.32. The summed E-state index contributed by atoms with van der Waals surface area (Å²) < 4.78 is 2.76. The molecule has 0 aliphatic heterocycles. The van der Waals surface area contributed by atoms with Crippen LogP contribution in [-0.2, 0) is 6.54 Å². The number of hydrogen-bond donors (Lipinski definition) is 1. The van der Waals surface area contributed by atoms with E-state index in [1.165, 1.54) is 11.1 Å². The molecule has 1 aromatic carbocycles. The summed E-state index contributed by atoms with van der Waals surface area (Å²) in [6, 6.07) is 6.39. The second-order valence-corrected chi connectivity index (χ2v) is 4.71.